The average molecular weight is 387 g/mol. The van der Waals surface area contributed by atoms with Crippen LogP contribution < -0.4 is 5.32 Å². The predicted octanol–water partition coefficient (Wildman–Crippen LogP) is 4.11. The second-order valence-electron chi connectivity index (χ2n) is 6.02. The van der Waals surface area contributed by atoms with E-state index < -0.39 is 5.91 Å². The van der Waals surface area contributed by atoms with Crippen molar-refractivity contribution < 1.29 is 18.3 Å². The third-order valence-electron chi connectivity index (χ3n) is 4.10. The van der Waals surface area contributed by atoms with E-state index in [9.17, 15) is 13.6 Å². The Balaban J connectivity index is 2.25. The van der Waals surface area contributed by atoms with Crippen LogP contribution in [0.5, 0.6) is 0 Å². The van der Waals surface area contributed by atoms with Crippen molar-refractivity contribution in [1.29, 1.82) is 0 Å². The van der Waals surface area contributed by atoms with Gasteiger partial charge >= 0.3 is 5.91 Å². The van der Waals surface area contributed by atoms with Gasteiger partial charge in [-0.05, 0) is 48.5 Å². The van der Waals surface area contributed by atoms with Crippen molar-refractivity contribution in [1.82, 2.24) is 4.90 Å². The van der Waals surface area contributed by atoms with Crippen LogP contribution in [-0.2, 0) is 22.5 Å². The van der Waals surface area contributed by atoms with E-state index in [2.05, 4.69) is 17.0 Å². The quantitative estimate of drug-likeness (QED) is 0.304. The minimum atomic E-state index is -0.605. The number of nitrogens with zero attached hydrogens (tertiary/aromatic N) is 2. The normalized spacial score (nSPS) is 11.1. The molecule has 1 N–H and O–H groups in total. The zero-order valence-electron chi connectivity index (χ0n) is 15.9. The number of anilines is 1. The van der Waals surface area contributed by atoms with Gasteiger partial charge in [-0.1, -0.05) is 25.1 Å². The van der Waals surface area contributed by atoms with Gasteiger partial charge in [0.2, 0.25) is 5.76 Å². The van der Waals surface area contributed by atoms with E-state index in [1.54, 1.807) is 23.1 Å². The fraction of sp³-hybridized carbons (Fsp3) is 0.238. The van der Waals surface area contributed by atoms with Crippen molar-refractivity contribution in [3.8, 4) is 0 Å². The number of aryl methyl sites for hydroxylation is 1. The first-order valence-corrected chi connectivity index (χ1v) is 8.74. The Kier molecular flexibility index (Phi) is 7.68. The lowest BCUT2D eigenvalue weighted by molar-refractivity contribution is -0.117. The SMILES string of the molecule is C=NC(=O)/C(=C\N(CNc1cc(F)ccc1CC)Cc1ccc(F)cc1)OC. The van der Waals surface area contributed by atoms with Gasteiger partial charge in [-0.15, -0.1) is 0 Å². The van der Waals surface area contributed by atoms with Crippen molar-refractivity contribution in [3.05, 3.63) is 77.2 Å². The maximum absolute atomic E-state index is 13.6. The molecule has 2 rings (SSSR count). The van der Waals surface area contributed by atoms with Gasteiger partial charge in [0, 0.05) is 18.4 Å². The molecule has 148 valence electrons. The van der Waals surface area contributed by atoms with E-state index >= 15 is 0 Å². The molecular weight excluding hydrogens is 364 g/mol. The number of carbonyl (C=O) groups is 1. The summed E-state index contributed by atoms with van der Waals surface area (Å²) in [6.07, 6.45) is 2.23. The van der Waals surface area contributed by atoms with Crippen molar-refractivity contribution in [3.63, 3.8) is 0 Å². The van der Waals surface area contributed by atoms with Crippen LogP contribution in [0.25, 0.3) is 0 Å². The number of nitrogens with one attached hydrogen (secondary N) is 1. The second kappa shape index (κ2) is 10.2. The molecule has 0 radical (unpaired) electrons. The number of aliphatic imine (C=N–C) groups is 1. The minimum absolute atomic E-state index is 0.00821. The number of methoxy groups -OCH3 is 1. The summed E-state index contributed by atoms with van der Waals surface area (Å²) >= 11 is 0. The average Bonchev–Trinajstić information content (AvgIpc) is 2.71. The lowest BCUT2D eigenvalue weighted by Crippen LogP contribution is -2.26. The predicted molar refractivity (Wildman–Crippen MR) is 106 cm³/mol. The molecule has 0 aliphatic heterocycles. The summed E-state index contributed by atoms with van der Waals surface area (Å²) in [7, 11) is 1.36. The Morgan fingerprint density at radius 1 is 1.21 bits per heavy atom. The number of carbonyl (C=O) groups excluding carboxylic acids is 1. The number of benzene rings is 2. The van der Waals surface area contributed by atoms with Gasteiger partial charge in [0.25, 0.3) is 0 Å². The largest absolute Gasteiger partial charge is 0.490 e. The molecule has 0 unspecified atom stereocenters. The fourth-order valence-electron chi connectivity index (χ4n) is 2.62. The van der Waals surface area contributed by atoms with Crippen molar-refractivity contribution in [2.24, 2.45) is 4.99 Å². The standard InChI is InChI=1S/C21H23F2N3O2/c1-4-16-7-10-18(23)11-19(16)25-14-26(13-20(28-3)21(27)24-2)12-15-5-8-17(22)9-6-15/h5-11,13,25H,2,4,12,14H2,1,3H3/b20-13+. The van der Waals surface area contributed by atoms with Crippen LogP contribution in [0.2, 0.25) is 0 Å². The number of halogens is 2. The Bertz CT molecular complexity index is 851. The summed E-state index contributed by atoms with van der Waals surface area (Å²) < 4.78 is 31.9. The molecule has 2 aromatic carbocycles. The summed E-state index contributed by atoms with van der Waals surface area (Å²) in [6.45, 7) is 5.81. The molecule has 5 nitrogen and oxygen atoms in total. The molecule has 0 saturated heterocycles. The Hall–Kier alpha value is -3.22. The maximum Gasteiger partial charge on any atom is 0.312 e. The second-order valence-corrected chi connectivity index (χ2v) is 6.02. The van der Waals surface area contributed by atoms with Crippen LogP contribution in [0.1, 0.15) is 18.1 Å². The summed E-state index contributed by atoms with van der Waals surface area (Å²) in [5, 5.41) is 3.18. The Labute approximate surface area is 163 Å². The molecule has 0 aliphatic rings. The first kappa shape index (κ1) is 21.1. The third kappa shape index (κ3) is 5.90. The summed E-state index contributed by atoms with van der Waals surface area (Å²) in [5.74, 6) is -1.27. The minimum Gasteiger partial charge on any atom is -0.490 e. The van der Waals surface area contributed by atoms with Gasteiger partial charge in [0.1, 0.15) is 11.6 Å². The van der Waals surface area contributed by atoms with Gasteiger partial charge in [0.15, 0.2) is 0 Å². The number of ether oxygens (including phenoxy) is 1. The van der Waals surface area contributed by atoms with Crippen LogP contribution in [-0.4, -0.2) is 31.3 Å². The van der Waals surface area contributed by atoms with Crippen LogP contribution in [0.15, 0.2) is 59.4 Å². The van der Waals surface area contributed by atoms with E-state index in [0.29, 0.717) is 12.2 Å². The van der Waals surface area contributed by atoms with Gasteiger partial charge in [-0.25, -0.2) is 13.8 Å². The Morgan fingerprint density at radius 3 is 2.50 bits per heavy atom. The molecule has 0 heterocycles. The van der Waals surface area contributed by atoms with E-state index in [1.807, 2.05) is 6.92 Å². The number of hydrogen-bond acceptors (Lipinski definition) is 4. The van der Waals surface area contributed by atoms with Gasteiger partial charge in [0.05, 0.1) is 13.8 Å². The zero-order chi connectivity index (χ0) is 20.5. The van der Waals surface area contributed by atoms with Crippen LogP contribution >= 0.6 is 0 Å². The van der Waals surface area contributed by atoms with Gasteiger partial charge in [-0.2, -0.15) is 0 Å². The van der Waals surface area contributed by atoms with E-state index in [0.717, 1.165) is 17.5 Å². The molecule has 1 amide bonds. The van der Waals surface area contributed by atoms with Gasteiger partial charge in [-0.3, -0.25) is 4.79 Å². The molecule has 0 aliphatic carbocycles. The molecule has 0 spiro atoms. The lowest BCUT2D eigenvalue weighted by atomic mass is 10.1. The van der Waals surface area contributed by atoms with Crippen LogP contribution in [0.4, 0.5) is 14.5 Å². The number of hydrogen-bond donors (Lipinski definition) is 1. The molecule has 0 fully saturated rings. The summed E-state index contributed by atoms with van der Waals surface area (Å²) in [6, 6.07) is 10.6. The monoisotopic (exact) mass is 387 g/mol. The molecule has 0 bridgehead atoms. The van der Waals surface area contributed by atoms with Crippen LogP contribution in [0, 0.1) is 11.6 Å². The van der Waals surface area contributed by atoms with Crippen molar-refractivity contribution in [2.45, 2.75) is 19.9 Å². The number of amides is 1. The molecule has 0 saturated carbocycles. The van der Waals surface area contributed by atoms with E-state index in [-0.39, 0.29) is 24.1 Å². The fourth-order valence-corrected chi connectivity index (χ4v) is 2.62. The number of rotatable bonds is 9. The summed E-state index contributed by atoms with van der Waals surface area (Å²) in [4.78, 5) is 16.9. The van der Waals surface area contributed by atoms with Crippen molar-refractivity contribution >= 4 is 18.3 Å². The van der Waals surface area contributed by atoms with Crippen LogP contribution in [0.3, 0.4) is 0 Å². The first-order valence-electron chi connectivity index (χ1n) is 8.74. The van der Waals surface area contributed by atoms with Crippen molar-refractivity contribution in [2.75, 3.05) is 19.1 Å². The maximum atomic E-state index is 13.6. The van der Waals surface area contributed by atoms with E-state index in [1.165, 1.54) is 37.6 Å². The third-order valence-corrected chi connectivity index (χ3v) is 4.10. The molecule has 0 aromatic heterocycles. The highest BCUT2D eigenvalue weighted by atomic mass is 19.1. The zero-order valence-corrected chi connectivity index (χ0v) is 15.9. The van der Waals surface area contributed by atoms with Gasteiger partial charge < -0.3 is 15.0 Å². The Morgan fingerprint density at radius 2 is 1.89 bits per heavy atom. The summed E-state index contributed by atoms with van der Waals surface area (Å²) in [5.41, 5.74) is 2.44. The molecule has 7 heteroatoms. The van der Waals surface area contributed by atoms with E-state index in [4.69, 9.17) is 4.74 Å². The lowest BCUT2D eigenvalue weighted by Gasteiger charge is -2.23. The molecular formula is C21H23F2N3O2. The highest BCUT2D eigenvalue weighted by molar-refractivity contribution is 5.94. The molecule has 28 heavy (non-hydrogen) atoms. The highest BCUT2D eigenvalue weighted by Gasteiger charge is 2.12. The smallest absolute Gasteiger partial charge is 0.312 e. The first-order chi connectivity index (χ1) is 13.5. The highest BCUT2D eigenvalue weighted by Crippen LogP contribution is 2.18. The molecule has 0 atom stereocenters. The molecule has 2 aromatic rings. The topological polar surface area (TPSA) is 53.9 Å².